The van der Waals surface area contributed by atoms with E-state index in [9.17, 15) is 4.79 Å². The first-order valence-electron chi connectivity index (χ1n) is 6.14. The summed E-state index contributed by atoms with van der Waals surface area (Å²) in [6, 6.07) is 4.90. The van der Waals surface area contributed by atoms with E-state index in [1.54, 1.807) is 19.1 Å². The molecule has 1 aromatic carbocycles. The number of amides is 1. The molecular weight excluding hydrogens is 230 g/mol. The second-order valence-electron chi connectivity index (χ2n) is 2.52. The molecule has 0 aliphatic heterocycles. The highest BCUT2D eigenvalue weighted by Gasteiger charge is 2.09. The van der Waals surface area contributed by atoms with Crippen molar-refractivity contribution in [2.75, 3.05) is 6.50 Å². The Kier molecular flexibility index (Phi) is 1.75. The predicted octanol–water partition coefficient (Wildman–Crippen LogP) is 2.51. The van der Waals surface area contributed by atoms with Gasteiger partial charge in [-0.25, -0.2) is 0 Å². The molecule has 1 aromatic rings. The van der Waals surface area contributed by atoms with Crippen molar-refractivity contribution in [2.24, 2.45) is 0 Å². The van der Waals surface area contributed by atoms with E-state index >= 15 is 0 Å². The van der Waals surface area contributed by atoms with E-state index in [4.69, 9.17) is 6.85 Å². The molecule has 1 N–H and O–H groups in total. The van der Waals surface area contributed by atoms with Gasteiger partial charge in [0.25, 0.3) is 5.91 Å². The molecule has 0 radical (unpaired) electrons. The average molecular weight is 247 g/mol. The molecule has 0 atom stereocenters. The number of hydrogen-bond donors (Lipinski definition) is 1. The Balaban J connectivity index is 3.00. The summed E-state index contributed by atoms with van der Waals surface area (Å²) in [5.41, 5.74) is 1.00. The average Bonchev–Trinajstić information content (AvgIpc) is 2.19. The van der Waals surface area contributed by atoms with Crippen LogP contribution < -0.4 is 5.32 Å². The fourth-order valence-electron chi connectivity index (χ4n) is 0.947. The number of halogens is 1. The molecule has 0 aliphatic carbocycles. The first kappa shape index (κ1) is 5.15. The molecule has 0 saturated heterocycles. The highest BCUT2D eigenvalue weighted by Crippen LogP contribution is 2.20. The van der Waals surface area contributed by atoms with Crippen molar-refractivity contribution in [2.45, 2.75) is 13.8 Å². The largest absolute Gasteiger partial charge is 0.352 e. The first-order valence-corrected chi connectivity index (χ1v) is 4.43. The van der Waals surface area contributed by atoms with Gasteiger partial charge in [-0.05, 0) is 41.3 Å². The Hall–Kier alpha value is -0.830. The lowest BCUT2D eigenvalue weighted by Crippen LogP contribution is -2.23. The summed E-state index contributed by atoms with van der Waals surface area (Å²) >= 11 is 3.21. The molecule has 0 aromatic heterocycles. The zero-order valence-electron chi connectivity index (χ0n) is 12.0. The molecule has 0 bridgehead atoms. The van der Waals surface area contributed by atoms with Crippen LogP contribution in [0.5, 0.6) is 0 Å². The number of rotatable bonds is 2. The Labute approximate surface area is 93.5 Å². The lowest BCUT2D eigenvalue weighted by molar-refractivity contribution is 0.0955. The number of nitrogens with one attached hydrogen (secondary N) is 1. The van der Waals surface area contributed by atoms with Crippen LogP contribution in [-0.4, -0.2) is 12.4 Å². The second-order valence-corrected chi connectivity index (χ2v) is 3.31. The lowest BCUT2D eigenvalue weighted by atomic mass is 10.1. The van der Waals surface area contributed by atoms with E-state index in [1.807, 2.05) is 5.32 Å². The Morgan fingerprint density at radius 1 is 1.77 bits per heavy atom. The summed E-state index contributed by atoms with van der Waals surface area (Å²) in [7, 11) is 0. The van der Waals surface area contributed by atoms with E-state index in [0.717, 1.165) is 5.56 Å². The van der Waals surface area contributed by atoms with Crippen LogP contribution in [0.3, 0.4) is 0 Å². The summed E-state index contributed by atoms with van der Waals surface area (Å²) in [5.74, 6) is -0.772. The number of carbonyl (C=O) groups excluding carboxylic acids is 1. The van der Waals surface area contributed by atoms with Gasteiger partial charge in [-0.3, -0.25) is 4.79 Å². The number of carbonyl (C=O) groups is 1. The molecular formula is C10H12BrNO. The molecule has 0 fully saturated rings. The van der Waals surface area contributed by atoms with Crippen molar-refractivity contribution >= 4 is 21.8 Å². The third-order valence-corrected chi connectivity index (χ3v) is 2.67. The third-order valence-electron chi connectivity index (χ3n) is 1.61. The minimum Gasteiger partial charge on any atom is -0.352 e. The minimum atomic E-state index is -2.92. The van der Waals surface area contributed by atoms with Crippen LogP contribution in [0.4, 0.5) is 0 Å². The molecule has 3 heteroatoms. The summed E-state index contributed by atoms with van der Waals surface area (Å²) in [4.78, 5) is 11.8. The van der Waals surface area contributed by atoms with Crippen LogP contribution in [-0.2, 0) is 0 Å². The molecule has 0 saturated carbocycles. The molecule has 0 aliphatic rings. The van der Waals surface area contributed by atoms with Gasteiger partial charge < -0.3 is 5.32 Å². The smallest absolute Gasteiger partial charge is 0.252 e. The Morgan fingerprint density at radius 2 is 2.54 bits per heavy atom. The van der Waals surface area contributed by atoms with E-state index in [-0.39, 0.29) is 5.56 Å². The van der Waals surface area contributed by atoms with Gasteiger partial charge in [0.05, 0.1) is 5.56 Å². The maximum absolute atomic E-state index is 11.8. The SMILES string of the molecule is [2H]C([2H])([2H])C([2H])([2H])NC(=O)c1cccc(C)c1Br. The van der Waals surface area contributed by atoms with Crippen LogP contribution in [0.1, 0.15) is 29.6 Å². The number of hydrogen-bond acceptors (Lipinski definition) is 1. The van der Waals surface area contributed by atoms with Crippen molar-refractivity contribution in [1.29, 1.82) is 0 Å². The van der Waals surface area contributed by atoms with E-state index in [1.165, 1.54) is 6.07 Å². The maximum Gasteiger partial charge on any atom is 0.252 e. The molecule has 0 heterocycles. The fraction of sp³-hybridized carbons (Fsp3) is 0.300. The molecule has 70 valence electrons. The maximum atomic E-state index is 11.8. The van der Waals surface area contributed by atoms with Crippen molar-refractivity contribution in [3.63, 3.8) is 0 Å². The van der Waals surface area contributed by atoms with Crippen LogP contribution in [0.2, 0.25) is 0 Å². The molecule has 2 nitrogen and oxygen atoms in total. The van der Waals surface area contributed by atoms with Crippen LogP contribution in [0.25, 0.3) is 0 Å². The molecule has 0 unspecified atom stereocenters. The molecule has 1 amide bonds. The monoisotopic (exact) mass is 246 g/mol. The Morgan fingerprint density at radius 3 is 3.23 bits per heavy atom. The Bertz CT molecular complexity index is 472. The zero-order valence-corrected chi connectivity index (χ0v) is 8.60. The summed E-state index contributed by atoms with van der Waals surface area (Å²) < 4.78 is 36.2. The first-order chi connectivity index (χ1) is 8.06. The van der Waals surface area contributed by atoms with Gasteiger partial charge >= 0.3 is 0 Å². The van der Waals surface area contributed by atoms with Gasteiger partial charge in [0.2, 0.25) is 0 Å². The predicted molar refractivity (Wildman–Crippen MR) is 56.9 cm³/mol. The molecule has 1 rings (SSSR count). The summed E-state index contributed by atoms with van der Waals surface area (Å²) in [6.45, 7) is -3.91. The second kappa shape index (κ2) is 4.42. The minimum absolute atomic E-state index is 0.197. The van der Waals surface area contributed by atoms with Crippen molar-refractivity contribution in [1.82, 2.24) is 5.32 Å². The molecule has 0 spiro atoms. The topological polar surface area (TPSA) is 29.1 Å². The highest BCUT2D eigenvalue weighted by atomic mass is 79.9. The van der Waals surface area contributed by atoms with E-state index in [2.05, 4.69) is 15.9 Å². The van der Waals surface area contributed by atoms with Crippen molar-refractivity contribution < 1.29 is 11.6 Å². The van der Waals surface area contributed by atoms with Gasteiger partial charge in [-0.15, -0.1) is 0 Å². The van der Waals surface area contributed by atoms with Crippen LogP contribution in [0.15, 0.2) is 22.7 Å². The third kappa shape index (κ3) is 2.31. The van der Waals surface area contributed by atoms with E-state index in [0.29, 0.717) is 4.47 Å². The summed E-state index contributed by atoms with van der Waals surface area (Å²) in [5, 5.41) is 1.88. The van der Waals surface area contributed by atoms with Gasteiger partial charge in [-0.1, -0.05) is 12.1 Å². The van der Waals surface area contributed by atoms with Gasteiger partial charge in [-0.2, -0.15) is 0 Å². The zero-order chi connectivity index (χ0) is 14.1. The van der Waals surface area contributed by atoms with Gasteiger partial charge in [0, 0.05) is 17.8 Å². The normalized spacial score (nSPS) is 17.5. The highest BCUT2D eigenvalue weighted by molar-refractivity contribution is 9.10. The standard InChI is InChI=1S/C10H12BrNO/c1-3-12-10(13)8-6-4-5-7(2)9(8)11/h4-6H,3H2,1-2H3,(H,12,13)/i1D3,3D2. The number of benzene rings is 1. The summed E-state index contributed by atoms with van der Waals surface area (Å²) in [6.07, 6.45) is 0. The van der Waals surface area contributed by atoms with Crippen LogP contribution in [0, 0.1) is 6.92 Å². The molecule has 13 heavy (non-hydrogen) atoms. The van der Waals surface area contributed by atoms with Gasteiger partial charge in [0.15, 0.2) is 0 Å². The van der Waals surface area contributed by atoms with Gasteiger partial charge in [0.1, 0.15) is 0 Å². The number of aryl methyl sites for hydroxylation is 1. The quantitative estimate of drug-likeness (QED) is 0.854. The van der Waals surface area contributed by atoms with Crippen molar-refractivity contribution in [3.05, 3.63) is 33.8 Å². The van der Waals surface area contributed by atoms with Crippen LogP contribution >= 0.6 is 15.9 Å². The fourth-order valence-corrected chi connectivity index (χ4v) is 1.39. The lowest BCUT2D eigenvalue weighted by Gasteiger charge is -2.06. The van der Waals surface area contributed by atoms with E-state index < -0.39 is 19.3 Å². The van der Waals surface area contributed by atoms with Crippen molar-refractivity contribution in [3.8, 4) is 0 Å².